The first kappa shape index (κ1) is 20.0. The van der Waals surface area contributed by atoms with Crippen molar-refractivity contribution in [2.45, 2.75) is 45.3 Å². The molecule has 4 rings (SSSR count). The molecule has 0 saturated heterocycles. The summed E-state index contributed by atoms with van der Waals surface area (Å²) < 4.78 is 39.3. The molecule has 0 spiro atoms. The SMILES string of the molecule is Cc1nc(C(=O)NC2c3ccccc3CCCC2C)nn1-c1n[nH]c(C(F)(F)F)n1. The van der Waals surface area contributed by atoms with Crippen LogP contribution in [0, 0.1) is 12.8 Å². The first-order valence-corrected chi connectivity index (χ1v) is 9.56. The number of carbonyl (C=O) groups excluding carboxylic acids is 1. The molecule has 0 radical (unpaired) electrons. The summed E-state index contributed by atoms with van der Waals surface area (Å²) in [6, 6.07) is 7.78. The minimum Gasteiger partial charge on any atom is -0.342 e. The van der Waals surface area contributed by atoms with E-state index >= 15 is 0 Å². The highest BCUT2D eigenvalue weighted by atomic mass is 19.4. The van der Waals surface area contributed by atoms with Gasteiger partial charge in [-0.15, -0.1) is 10.2 Å². The minimum atomic E-state index is -4.66. The van der Waals surface area contributed by atoms with Crippen LogP contribution in [0.25, 0.3) is 5.95 Å². The number of benzene rings is 1. The zero-order valence-corrected chi connectivity index (χ0v) is 16.4. The number of hydrogen-bond acceptors (Lipinski definition) is 5. The van der Waals surface area contributed by atoms with Crippen molar-refractivity contribution in [3.05, 3.63) is 52.9 Å². The molecule has 2 unspecified atom stereocenters. The van der Waals surface area contributed by atoms with Gasteiger partial charge in [0.05, 0.1) is 6.04 Å². The van der Waals surface area contributed by atoms with Crippen LogP contribution >= 0.6 is 0 Å². The zero-order valence-electron chi connectivity index (χ0n) is 16.4. The Morgan fingerprint density at radius 1 is 1.27 bits per heavy atom. The number of amides is 1. The lowest BCUT2D eigenvalue weighted by atomic mass is 9.92. The summed E-state index contributed by atoms with van der Waals surface area (Å²) in [4.78, 5) is 20.3. The third-order valence-electron chi connectivity index (χ3n) is 5.25. The molecule has 2 atom stereocenters. The summed E-state index contributed by atoms with van der Waals surface area (Å²) in [5.74, 6) is -1.83. The molecule has 158 valence electrons. The van der Waals surface area contributed by atoms with Gasteiger partial charge in [0.1, 0.15) is 5.82 Å². The normalized spacial score (nSPS) is 19.2. The van der Waals surface area contributed by atoms with E-state index in [9.17, 15) is 18.0 Å². The van der Waals surface area contributed by atoms with Gasteiger partial charge in [-0.3, -0.25) is 9.89 Å². The molecule has 8 nitrogen and oxygen atoms in total. The van der Waals surface area contributed by atoms with E-state index in [2.05, 4.69) is 38.5 Å². The average molecular weight is 419 g/mol. The van der Waals surface area contributed by atoms with E-state index < -0.39 is 17.9 Å². The van der Waals surface area contributed by atoms with Gasteiger partial charge in [0.2, 0.25) is 11.6 Å². The van der Waals surface area contributed by atoms with Crippen LogP contribution in [0.4, 0.5) is 13.2 Å². The topological polar surface area (TPSA) is 101 Å². The number of hydrogen-bond donors (Lipinski definition) is 2. The highest BCUT2D eigenvalue weighted by molar-refractivity contribution is 5.90. The van der Waals surface area contributed by atoms with Crippen LogP contribution in [0.2, 0.25) is 0 Å². The molecule has 0 fully saturated rings. The molecular formula is C19H20F3N7O. The number of rotatable bonds is 3. The summed E-state index contributed by atoms with van der Waals surface area (Å²) in [5.41, 5.74) is 2.26. The monoisotopic (exact) mass is 419 g/mol. The first-order chi connectivity index (χ1) is 14.2. The second-order valence-electron chi connectivity index (χ2n) is 7.40. The van der Waals surface area contributed by atoms with Crippen LogP contribution in [0.1, 0.15) is 59.2 Å². The molecule has 1 aliphatic rings. The van der Waals surface area contributed by atoms with E-state index in [-0.39, 0.29) is 29.6 Å². The van der Waals surface area contributed by atoms with E-state index in [1.807, 2.05) is 23.3 Å². The van der Waals surface area contributed by atoms with Crippen LogP contribution in [0.15, 0.2) is 24.3 Å². The third kappa shape index (κ3) is 3.79. The van der Waals surface area contributed by atoms with Crippen molar-refractivity contribution in [3.63, 3.8) is 0 Å². The van der Waals surface area contributed by atoms with E-state index in [1.54, 1.807) is 0 Å². The second-order valence-corrected chi connectivity index (χ2v) is 7.40. The molecule has 0 aliphatic heterocycles. The Morgan fingerprint density at radius 3 is 2.77 bits per heavy atom. The fraction of sp³-hybridized carbons (Fsp3) is 0.421. The van der Waals surface area contributed by atoms with E-state index in [1.165, 1.54) is 12.5 Å². The first-order valence-electron chi connectivity index (χ1n) is 9.56. The molecule has 1 aliphatic carbocycles. The van der Waals surface area contributed by atoms with Gasteiger partial charge in [-0.05, 0) is 43.2 Å². The van der Waals surface area contributed by atoms with Crippen LogP contribution in [-0.2, 0) is 12.6 Å². The highest BCUT2D eigenvalue weighted by Crippen LogP contribution is 2.33. The number of alkyl halides is 3. The number of carbonyl (C=O) groups is 1. The van der Waals surface area contributed by atoms with Gasteiger partial charge >= 0.3 is 6.18 Å². The molecule has 0 bridgehead atoms. The van der Waals surface area contributed by atoms with E-state index in [0.29, 0.717) is 0 Å². The smallest absolute Gasteiger partial charge is 0.342 e. The number of aromatic nitrogens is 6. The second kappa shape index (κ2) is 7.54. The summed E-state index contributed by atoms with van der Waals surface area (Å²) in [5, 5.41) is 12.4. The number of fused-ring (bicyclic) bond motifs is 1. The summed E-state index contributed by atoms with van der Waals surface area (Å²) in [6.45, 7) is 3.59. The van der Waals surface area contributed by atoms with Crippen LogP contribution < -0.4 is 5.32 Å². The third-order valence-corrected chi connectivity index (χ3v) is 5.25. The van der Waals surface area contributed by atoms with Crippen LogP contribution in [-0.4, -0.2) is 35.9 Å². The van der Waals surface area contributed by atoms with Crippen molar-refractivity contribution in [2.24, 2.45) is 5.92 Å². The number of aryl methyl sites for hydroxylation is 2. The molecule has 1 aromatic carbocycles. The molecule has 30 heavy (non-hydrogen) atoms. The maximum Gasteiger partial charge on any atom is 0.451 e. The molecule has 0 saturated carbocycles. The van der Waals surface area contributed by atoms with Gasteiger partial charge in [0.25, 0.3) is 11.9 Å². The summed E-state index contributed by atoms with van der Waals surface area (Å²) in [7, 11) is 0. The molecule has 2 N–H and O–H groups in total. The molecule has 3 aromatic rings. The van der Waals surface area contributed by atoms with Crippen molar-refractivity contribution >= 4 is 5.91 Å². The molecule has 1 amide bonds. The largest absolute Gasteiger partial charge is 0.451 e. The fourth-order valence-electron chi connectivity index (χ4n) is 3.73. The Kier molecular flexibility index (Phi) is 5.04. The predicted octanol–water partition coefficient (Wildman–Crippen LogP) is 3.16. The van der Waals surface area contributed by atoms with Crippen molar-refractivity contribution in [3.8, 4) is 5.95 Å². The average Bonchev–Trinajstić information content (AvgIpc) is 3.29. The Morgan fingerprint density at radius 2 is 2.03 bits per heavy atom. The maximum atomic E-state index is 12.9. The van der Waals surface area contributed by atoms with E-state index in [0.717, 1.165) is 29.5 Å². The lowest BCUT2D eigenvalue weighted by molar-refractivity contribution is -0.144. The summed E-state index contributed by atoms with van der Waals surface area (Å²) in [6.07, 6.45) is -1.73. The molecule has 11 heteroatoms. The maximum absolute atomic E-state index is 12.9. The fourth-order valence-corrected chi connectivity index (χ4v) is 3.73. The zero-order chi connectivity index (χ0) is 21.5. The minimum absolute atomic E-state index is 0.153. The molecular weight excluding hydrogens is 399 g/mol. The number of halogens is 3. The van der Waals surface area contributed by atoms with Crippen molar-refractivity contribution in [1.29, 1.82) is 0 Å². The molecule has 2 heterocycles. The van der Waals surface area contributed by atoms with Crippen molar-refractivity contribution in [1.82, 2.24) is 35.3 Å². The lowest BCUT2D eigenvalue weighted by Crippen LogP contribution is -2.33. The Bertz CT molecular complexity index is 1070. The quantitative estimate of drug-likeness (QED) is 0.635. The molecule has 2 aromatic heterocycles. The summed E-state index contributed by atoms with van der Waals surface area (Å²) >= 11 is 0. The van der Waals surface area contributed by atoms with Crippen LogP contribution in [0.5, 0.6) is 0 Å². The lowest BCUT2D eigenvalue weighted by Gasteiger charge is -2.24. The van der Waals surface area contributed by atoms with Gasteiger partial charge in [-0.25, -0.2) is 4.98 Å². The number of nitrogens with one attached hydrogen (secondary N) is 2. The van der Waals surface area contributed by atoms with Gasteiger partial charge < -0.3 is 5.32 Å². The Balaban J connectivity index is 1.59. The standard InChI is InChI=1S/C19H20F3N7O/c1-10-6-5-8-12-7-3-4-9-13(12)14(10)24-16(30)15-23-11(2)29(28-15)18-25-17(26-27-18)19(20,21)22/h3-4,7,9-10,14H,5-6,8H2,1-2H3,(H,24,30)(H,25,26,27). The van der Waals surface area contributed by atoms with Gasteiger partial charge in [0, 0.05) is 0 Å². The predicted molar refractivity (Wildman–Crippen MR) is 99.8 cm³/mol. The Labute approximate surface area is 169 Å². The highest BCUT2D eigenvalue weighted by Gasteiger charge is 2.36. The van der Waals surface area contributed by atoms with Gasteiger partial charge in [-0.1, -0.05) is 31.2 Å². The van der Waals surface area contributed by atoms with Gasteiger partial charge in [0.15, 0.2) is 0 Å². The van der Waals surface area contributed by atoms with Crippen molar-refractivity contribution in [2.75, 3.05) is 0 Å². The Hall–Kier alpha value is -3.24. The van der Waals surface area contributed by atoms with Crippen molar-refractivity contribution < 1.29 is 18.0 Å². The number of H-pyrrole nitrogens is 1. The van der Waals surface area contributed by atoms with Gasteiger partial charge in [-0.2, -0.15) is 22.8 Å². The number of nitrogens with zero attached hydrogens (tertiary/aromatic N) is 5. The van der Waals surface area contributed by atoms with E-state index in [4.69, 9.17) is 0 Å². The van der Waals surface area contributed by atoms with Crippen LogP contribution in [0.3, 0.4) is 0 Å². The number of aromatic amines is 1.